The lowest BCUT2D eigenvalue weighted by Gasteiger charge is -2.62. The van der Waals surface area contributed by atoms with Crippen LogP contribution < -0.4 is 0 Å². The second-order valence-corrected chi connectivity index (χ2v) is 10.2. The Bertz CT molecular complexity index is 562. The lowest BCUT2D eigenvalue weighted by atomic mass is 9.43. The van der Waals surface area contributed by atoms with Crippen LogP contribution in [-0.2, 0) is 9.53 Å². The maximum atomic E-state index is 11.6. The van der Waals surface area contributed by atoms with Crippen LogP contribution in [0.4, 0.5) is 0 Å². The van der Waals surface area contributed by atoms with E-state index in [-0.39, 0.29) is 41.5 Å². The van der Waals surface area contributed by atoms with Gasteiger partial charge in [-0.25, -0.2) is 0 Å². The number of esters is 1. The molecule has 0 spiro atoms. The van der Waals surface area contributed by atoms with Crippen LogP contribution in [0.15, 0.2) is 0 Å². The molecule has 0 aromatic rings. The monoisotopic (exact) mass is 364 g/mol. The Morgan fingerprint density at radius 1 is 0.962 bits per heavy atom. The molecule has 4 rings (SSSR count). The number of ether oxygens (including phenoxy) is 1. The molecule has 4 fully saturated rings. The molecule has 0 saturated heterocycles. The van der Waals surface area contributed by atoms with Crippen molar-refractivity contribution in [2.45, 2.75) is 84.3 Å². The van der Waals surface area contributed by atoms with E-state index >= 15 is 0 Å². The van der Waals surface area contributed by atoms with Crippen LogP contribution >= 0.6 is 0 Å². The summed E-state index contributed by atoms with van der Waals surface area (Å²) >= 11 is 0. The van der Waals surface area contributed by atoms with Crippen LogP contribution in [0.5, 0.6) is 0 Å². The van der Waals surface area contributed by atoms with Gasteiger partial charge in [-0.05, 0) is 80.5 Å². The fourth-order valence-electron chi connectivity index (χ4n) is 8.10. The van der Waals surface area contributed by atoms with Gasteiger partial charge in [0.2, 0.25) is 0 Å². The summed E-state index contributed by atoms with van der Waals surface area (Å²) in [4.78, 5) is 11.6. The Labute approximate surface area is 157 Å². The minimum Gasteiger partial charge on any atom is -0.462 e. The smallest absolute Gasteiger partial charge is 0.302 e. The Balaban J connectivity index is 1.59. The molecule has 0 amide bonds. The van der Waals surface area contributed by atoms with Crippen molar-refractivity contribution in [3.05, 3.63) is 0 Å². The van der Waals surface area contributed by atoms with Crippen LogP contribution in [0.1, 0.15) is 72.1 Å². The van der Waals surface area contributed by atoms with Crippen molar-refractivity contribution >= 4 is 5.97 Å². The van der Waals surface area contributed by atoms with Crippen LogP contribution in [0.25, 0.3) is 0 Å². The number of rotatable bonds is 2. The number of carbonyl (C=O) groups excluding carboxylic acids is 1. The van der Waals surface area contributed by atoms with Crippen molar-refractivity contribution in [1.29, 1.82) is 0 Å². The topological polar surface area (TPSA) is 66.8 Å². The standard InChI is InChI=1S/C22H36O4/c1-13(24)26-20-7-6-16-14-4-5-17-15(12-23)19(25)9-11-21(17,2)18(14)8-10-22(16,20)3/h14-20,23,25H,4-12H2,1-3H3/t14-,15-,16-,17+,18-,19+,20-,21-,22-/m0/s1. The molecule has 0 radical (unpaired) electrons. The van der Waals surface area contributed by atoms with E-state index in [9.17, 15) is 15.0 Å². The van der Waals surface area contributed by atoms with Crippen LogP contribution in [0.2, 0.25) is 0 Å². The van der Waals surface area contributed by atoms with E-state index in [4.69, 9.17) is 4.74 Å². The fourth-order valence-corrected chi connectivity index (χ4v) is 8.10. The van der Waals surface area contributed by atoms with Crippen molar-refractivity contribution in [3.8, 4) is 0 Å². The second kappa shape index (κ2) is 6.48. The molecule has 0 heterocycles. The van der Waals surface area contributed by atoms with Crippen LogP contribution in [0, 0.1) is 40.4 Å². The highest BCUT2D eigenvalue weighted by Crippen LogP contribution is 2.67. The van der Waals surface area contributed by atoms with Crippen molar-refractivity contribution < 1.29 is 19.7 Å². The van der Waals surface area contributed by atoms with Gasteiger partial charge in [0.1, 0.15) is 6.10 Å². The molecular formula is C22H36O4. The molecule has 4 saturated carbocycles. The zero-order valence-corrected chi connectivity index (χ0v) is 16.6. The Hall–Kier alpha value is -0.610. The van der Waals surface area contributed by atoms with E-state index in [2.05, 4.69) is 13.8 Å². The highest BCUT2D eigenvalue weighted by molar-refractivity contribution is 5.66. The molecule has 148 valence electrons. The first-order valence-electron chi connectivity index (χ1n) is 10.8. The maximum Gasteiger partial charge on any atom is 0.302 e. The first kappa shape index (κ1) is 18.7. The van der Waals surface area contributed by atoms with Crippen molar-refractivity contribution in [2.24, 2.45) is 40.4 Å². The summed E-state index contributed by atoms with van der Waals surface area (Å²) < 4.78 is 5.74. The van der Waals surface area contributed by atoms with Gasteiger partial charge in [0.15, 0.2) is 0 Å². The molecule has 2 N–H and O–H groups in total. The minimum atomic E-state index is -0.330. The third kappa shape index (κ3) is 2.58. The molecule has 4 heteroatoms. The van der Waals surface area contributed by atoms with Gasteiger partial charge in [0.25, 0.3) is 0 Å². The molecule has 26 heavy (non-hydrogen) atoms. The van der Waals surface area contributed by atoms with Gasteiger partial charge < -0.3 is 14.9 Å². The lowest BCUT2D eigenvalue weighted by Crippen LogP contribution is -2.57. The number of carbonyl (C=O) groups is 1. The molecule has 0 unspecified atom stereocenters. The molecule has 0 aromatic heterocycles. The third-order valence-electron chi connectivity index (χ3n) is 9.36. The van der Waals surface area contributed by atoms with Gasteiger partial charge in [-0.3, -0.25) is 4.79 Å². The van der Waals surface area contributed by atoms with Gasteiger partial charge >= 0.3 is 5.97 Å². The number of aliphatic hydroxyl groups is 2. The average Bonchev–Trinajstić information content (AvgIpc) is 2.91. The predicted molar refractivity (Wildman–Crippen MR) is 99.2 cm³/mol. The summed E-state index contributed by atoms with van der Waals surface area (Å²) in [7, 11) is 0. The van der Waals surface area contributed by atoms with E-state index in [0.717, 1.165) is 32.1 Å². The summed E-state index contributed by atoms with van der Waals surface area (Å²) in [5, 5.41) is 20.3. The minimum absolute atomic E-state index is 0.0559. The molecule has 4 aliphatic rings. The average molecular weight is 365 g/mol. The first-order valence-corrected chi connectivity index (χ1v) is 10.8. The van der Waals surface area contributed by atoms with Gasteiger partial charge in [0, 0.05) is 24.9 Å². The number of hydrogen-bond donors (Lipinski definition) is 2. The summed E-state index contributed by atoms with van der Waals surface area (Å²) in [6.45, 7) is 6.47. The van der Waals surface area contributed by atoms with E-state index in [1.807, 2.05) is 0 Å². The molecule has 0 aromatic carbocycles. The summed E-state index contributed by atoms with van der Waals surface area (Å²) in [5.74, 6) is 2.43. The number of fused-ring (bicyclic) bond motifs is 5. The second-order valence-electron chi connectivity index (χ2n) is 10.2. The normalized spacial score (nSPS) is 53.3. The molecule has 0 aliphatic heterocycles. The summed E-state index contributed by atoms with van der Waals surface area (Å²) in [6, 6.07) is 0. The van der Waals surface area contributed by atoms with E-state index < -0.39 is 0 Å². The highest BCUT2D eigenvalue weighted by Gasteiger charge is 2.62. The van der Waals surface area contributed by atoms with E-state index in [1.54, 1.807) is 0 Å². The molecular weight excluding hydrogens is 328 g/mol. The van der Waals surface area contributed by atoms with Crippen molar-refractivity contribution in [3.63, 3.8) is 0 Å². The van der Waals surface area contributed by atoms with Crippen LogP contribution in [0.3, 0.4) is 0 Å². The van der Waals surface area contributed by atoms with Crippen molar-refractivity contribution in [1.82, 2.24) is 0 Å². The maximum absolute atomic E-state index is 11.6. The Morgan fingerprint density at radius 3 is 2.31 bits per heavy atom. The predicted octanol–water partition coefficient (Wildman–Crippen LogP) is 3.54. The number of hydrogen-bond acceptors (Lipinski definition) is 4. The number of aliphatic hydroxyl groups excluding tert-OH is 2. The van der Waals surface area contributed by atoms with Crippen molar-refractivity contribution in [2.75, 3.05) is 6.61 Å². The summed E-state index contributed by atoms with van der Waals surface area (Å²) in [6.07, 6.45) is 8.57. The van der Waals surface area contributed by atoms with Gasteiger partial charge in [-0.1, -0.05) is 13.8 Å². The van der Waals surface area contributed by atoms with Crippen LogP contribution in [-0.4, -0.2) is 35.0 Å². The largest absolute Gasteiger partial charge is 0.462 e. The molecule has 9 atom stereocenters. The first-order chi connectivity index (χ1) is 12.3. The zero-order valence-electron chi connectivity index (χ0n) is 16.6. The Kier molecular flexibility index (Phi) is 4.67. The van der Waals surface area contributed by atoms with Gasteiger partial charge in [-0.15, -0.1) is 0 Å². The molecule has 4 nitrogen and oxygen atoms in total. The zero-order chi connectivity index (χ0) is 18.7. The SMILES string of the molecule is CC(=O)O[C@H]1CC[C@H]2[C@@H]3CC[C@@H]4[C@H](CO)[C@H](O)CC[C@]4(C)[C@H]3CC[C@]12C. The fraction of sp³-hybridized carbons (Fsp3) is 0.955. The highest BCUT2D eigenvalue weighted by atomic mass is 16.5. The van der Waals surface area contributed by atoms with E-state index in [0.29, 0.717) is 23.7 Å². The lowest BCUT2D eigenvalue weighted by molar-refractivity contribution is -0.172. The molecule has 0 bridgehead atoms. The third-order valence-corrected chi connectivity index (χ3v) is 9.36. The van der Waals surface area contributed by atoms with E-state index in [1.165, 1.54) is 26.2 Å². The Morgan fingerprint density at radius 2 is 1.62 bits per heavy atom. The molecule has 4 aliphatic carbocycles. The quantitative estimate of drug-likeness (QED) is 0.736. The summed E-state index contributed by atoms with van der Waals surface area (Å²) in [5.41, 5.74) is 0.386. The van der Waals surface area contributed by atoms with Gasteiger partial charge in [0.05, 0.1) is 6.10 Å². The van der Waals surface area contributed by atoms with Gasteiger partial charge in [-0.2, -0.15) is 0 Å².